The summed E-state index contributed by atoms with van der Waals surface area (Å²) in [5, 5.41) is 55.0. The standard InChI is InChI=1S/C42H79NO12S/c1-3-5-7-9-11-12-13-14-15-16-17-18-19-20-21-22-23-25-27-29-31-36(46)41(49)43-34(35(45)30-28-26-24-10-8-6-4-2)33-53-42-39(48)40(55-56(50,51)52)38(47)37(32-44)54-42/h5,7,11-12,34-40,42,44-48H,3-4,6,8-10,13-33H2,1-2H3,(H,43,49)(H,50,51,52)/b7-5-,12-11-. The van der Waals surface area contributed by atoms with Crippen molar-refractivity contribution in [3.8, 4) is 0 Å². The molecule has 0 aromatic heterocycles. The Labute approximate surface area is 338 Å². The molecule has 1 heterocycles. The molecular formula is C42H79NO12S. The summed E-state index contributed by atoms with van der Waals surface area (Å²) < 4.78 is 47.3. The number of amides is 1. The first-order valence-corrected chi connectivity index (χ1v) is 23.2. The number of aliphatic hydroxyl groups excluding tert-OH is 5. The molecule has 7 N–H and O–H groups in total. The van der Waals surface area contributed by atoms with Crippen LogP contribution in [0, 0.1) is 0 Å². The van der Waals surface area contributed by atoms with Crippen LogP contribution < -0.4 is 5.32 Å². The number of unbranched alkanes of at least 4 members (excludes halogenated alkanes) is 19. The van der Waals surface area contributed by atoms with Crippen LogP contribution in [0.5, 0.6) is 0 Å². The maximum absolute atomic E-state index is 13.0. The second kappa shape index (κ2) is 33.4. The Hall–Kier alpha value is -1.46. The topological polar surface area (TPSA) is 212 Å². The van der Waals surface area contributed by atoms with E-state index in [1.165, 1.54) is 70.6 Å². The van der Waals surface area contributed by atoms with Gasteiger partial charge in [-0.15, -0.1) is 0 Å². The van der Waals surface area contributed by atoms with Crippen molar-refractivity contribution in [2.45, 2.75) is 223 Å². The number of hydrogen-bond donors (Lipinski definition) is 7. The van der Waals surface area contributed by atoms with Gasteiger partial charge in [0.05, 0.1) is 25.4 Å². The Morgan fingerprint density at radius 2 is 1.25 bits per heavy atom. The van der Waals surface area contributed by atoms with Crippen molar-refractivity contribution in [1.29, 1.82) is 0 Å². The van der Waals surface area contributed by atoms with Crippen LogP contribution in [0.4, 0.5) is 0 Å². The predicted octanol–water partition coefficient (Wildman–Crippen LogP) is 6.74. The fraction of sp³-hybridized carbons (Fsp3) is 0.881. The number of rotatable bonds is 36. The molecule has 14 heteroatoms. The zero-order valence-corrected chi connectivity index (χ0v) is 35.4. The van der Waals surface area contributed by atoms with Crippen LogP contribution in [-0.4, -0.2) is 107 Å². The second-order valence-electron chi connectivity index (χ2n) is 15.4. The molecular weight excluding hydrogens is 743 g/mol. The van der Waals surface area contributed by atoms with Gasteiger partial charge in [-0.2, -0.15) is 8.42 Å². The van der Waals surface area contributed by atoms with Crippen molar-refractivity contribution < 1.29 is 57.0 Å². The lowest BCUT2D eigenvalue weighted by Gasteiger charge is -2.41. The first-order chi connectivity index (χ1) is 26.9. The molecule has 1 amide bonds. The summed E-state index contributed by atoms with van der Waals surface area (Å²) >= 11 is 0. The number of carbonyl (C=O) groups excluding carboxylic acids is 1. The molecule has 8 unspecified atom stereocenters. The summed E-state index contributed by atoms with van der Waals surface area (Å²) in [6, 6.07) is -1.03. The molecule has 13 nitrogen and oxygen atoms in total. The number of ether oxygens (including phenoxy) is 2. The zero-order valence-electron chi connectivity index (χ0n) is 34.6. The zero-order chi connectivity index (χ0) is 41.4. The van der Waals surface area contributed by atoms with Gasteiger partial charge in [0.2, 0.25) is 5.91 Å². The van der Waals surface area contributed by atoms with Crippen LogP contribution >= 0.6 is 0 Å². The Morgan fingerprint density at radius 1 is 0.732 bits per heavy atom. The highest BCUT2D eigenvalue weighted by Gasteiger charge is 2.48. The van der Waals surface area contributed by atoms with E-state index >= 15 is 0 Å². The molecule has 0 saturated carbocycles. The van der Waals surface area contributed by atoms with Crippen molar-refractivity contribution in [2.75, 3.05) is 13.2 Å². The smallest absolute Gasteiger partial charge is 0.394 e. The van der Waals surface area contributed by atoms with Gasteiger partial charge in [0.1, 0.15) is 30.5 Å². The lowest BCUT2D eigenvalue weighted by molar-refractivity contribution is -0.298. The van der Waals surface area contributed by atoms with Crippen LogP contribution in [0.15, 0.2) is 24.3 Å². The van der Waals surface area contributed by atoms with Crippen LogP contribution in [0.25, 0.3) is 0 Å². The largest absolute Gasteiger partial charge is 0.397 e. The van der Waals surface area contributed by atoms with Crippen molar-refractivity contribution in [3.05, 3.63) is 24.3 Å². The van der Waals surface area contributed by atoms with Gasteiger partial charge in [-0.05, 0) is 38.5 Å². The van der Waals surface area contributed by atoms with Gasteiger partial charge >= 0.3 is 10.4 Å². The first kappa shape index (κ1) is 52.6. The normalized spacial score (nSPS) is 22.2. The third-order valence-corrected chi connectivity index (χ3v) is 10.8. The number of hydrogen-bond acceptors (Lipinski definition) is 11. The molecule has 0 bridgehead atoms. The van der Waals surface area contributed by atoms with Gasteiger partial charge in [0, 0.05) is 0 Å². The van der Waals surface area contributed by atoms with Gasteiger partial charge in [-0.25, -0.2) is 4.18 Å². The SMILES string of the molecule is CC/C=C\C/C=C\CCCCCCCCCCCCCCCC(O)C(=O)NC(COC1OC(CO)C(O)C(OS(=O)(=O)O)C1O)C(O)CCCCCCCCC. The van der Waals surface area contributed by atoms with Crippen LogP contribution in [0.1, 0.15) is 174 Å². The number of nitrogens with one attached hydrogen (secondary N) is 1. The van der Waals surface area contributed by atoms with E-state index in [4.69, 9.17) is 14.0 Å². The lowest BCUT2D eigenvalue weighted by atomic mass is 9.99. The molecule has 0 aliphatic carbocycles. The minimum absolute atomic E-state index is 0.259. The summed E-state index contributed by atoms with van der Waals surface area (Å²) in [4.78, 5) is 13.0. The Morgan fingerprint density at radius 3 is 1.79 bits per heavy atom. The van der Waals surface area contributed by atoms with Gasteiger partial charge in [-0.3, -0.25) is 9.35 Å². The molecule has 1 rings (SSSR count). The van der Waals surface area contributed by atoms with Crippen molar-refractivity contribution in [3.63, 3.8) is 0 Å². The summed E-state index contributed by atoms with van der Waals surface area (Å²) in [6.07, 6.45) is 24.1. The molecule has 56 heavy (non-hydrogen) atoms. The van der Waals surface area contributed by atoms with Gasteiger partial charge in [0.25, 0.3) is 0 Å². The van der Waals surface area contributed by atoms with E-state index in [9.17, 15) is 38.7 Å². The van der Waals surface area contributed by atoms with Crippen LogP contribution in [0.2, 0.25) is 0 Å². The summed E-state index contributed by atoms with van der Waals surface area (Å²) in [7, 11) is -5.10. The van der Waals surface area contributed by atoms with Gasteiger partial charge in [-0.1, -0.05) is 160 Å². The highest BCUT2D eigenvalue weighted by Crippen LogP contribution is 2.26. The number of carbonyl (C=O) groups is 1. The van der Waals surface area contributed by atoms with Crippen LogP contribution in [-0.2, 0) is 28.9 Å². The van der Waals surface area contributed by atoms with Gasteiger partial charge in [0.15, 0.2) is 6.29 Å². The fourth-order valence-corrected chi connectivity index (χ4v) is 7.42. The minimum Gasteiger partial charge on any atom is -0.394 e. The van der Waals surface area contributed by atoms with E-state index in [0.29, 0.717) is 19.3 Å². The van der Waals surface area contributed by atoms with E-state index in [2.05, 4.69) is 47.7 Å². The molecule has 1 aliphatic rings. The molecule has 8 atom stereocenters. The number of aliphatic hydroxyl groups is 5. The highest BCUT2D eigenvalue weighted by atomic mass is 32.3. The molecule has 0 radical (unpaired) electrons. The third-order valence-electron chi connectivity index (χ3n) is 10.4. The average molecular weight is 822 g/mol. The van der Waals surface area contributed by atoms with E-state index in [0.717, 1.165) is 64.2 Å². The van der Waals surface area contributed by atoms with E-state index in [-0.39, 0.29) is 6.42 Å². The molecule has 330 valence electrons. The van der Waals surface area contributed by atoms with E-state index < -0.39 is 78.5 Å². The van der Waals surface area contributed by atoms with Crippen molar-refractivity contribution >= 4 is 16.3 Å². The minimum atomic E-state index is -5.10. The van der Waals surface area contributed by atoms with Crippen molar-refractivity contribution in [2.24, 2.45) is 0 Å². The van der Waals surface area contributed by atoms with E-state index in [1.54, 1.807) is 0 Å². The molecule has 0 spiro atoms. The molecule has 0 aromatic carbocycles. The van der Waals surface area contributed by atoms with E-state index in [1.807, 2.05) is 0 Å². The van der Waals surface area contributed by atoms with Crippen molar-refractivity contribution in [1.82, 2.24) is 5.32 Å². The lowest BCUT2D eigenvalue weighted by Crippen LogP contribution is -2.61. The van der Waals surface area contributed by atoms with Crippen LogP contribution in [0.3, 0.4) is 0 Å². The highest BCUT2D eigenvalue weighted by molar-refractivity contribution is 7.80. The third kappa shape index (κ3) is 25.8. The summed E-state index contributed by atoms with van der Waals surface area (Å²) in [6.45, 7) is 3.10. The second-order valence-corrected chi connectivity index (χ2v) is 16.4. The maximum Gasteiger partial charge on any atom is 0.397 e. The maximum atomic E-state index is 13.0. The quantitative estimate of drug-likeness (QED) is 0.0199. The molecule has 1 fully saturated rings. The predicted molar refractivity (Wildman–Crippen MR) is 219 cm³/mol. The molecule has 1 saturated heterocycles. The summed E-state index contributed by atoms with van der Waals surface area (Å²) in [5.74, 6) is -0.675. The Bertz CT molecular complexity index is 1120. The fourth-order valence-electron chi connectivity index (χ4n) is 6.91. The Kier molecular flexibility index (Phi) is 31.3. The Balaban J connectivity index is 2.44. The molecule has 0 aromatic rings. The monoisotopic (exact) mass is 822 g/mol. The van der Waals surface area contributed by atoms with Gasteiger partial charge < -0.3 is 40.3 Å². The molecule has 1 aliphatic heterocycles. The summed E-state index contributed by atoms with van der Waals surface area (Å²) in [5.41, 5.74) is 0. The average Bonchev–Trinajstić information content (AvgIpc) is 3.16. The first-order valence-electron chi connectivity index (χ1n) is 21.8. The number of allylic oxidation sites excluding steroid dienone is 4.